The van der Waals surface area contributed by atoms with Crippen molar-refractivity contribution in [3.8, 4) is 0 Å². The van der Waals surface area contributed by atoms with Gasteiger partial charge in [0.15, 0.2) is 0 Å². The Balaban J connectivity index is 4.79. The second-order valence-electron chi connectivity index (χ2n) is 6.05. The second-order valence-corrected chi connectivity index (χ2v) is 6.05. The molecule has 0 aliphatic rings. The first-order valence-corrected chi connectivity index (χ1v) is 7.02. The molecule has 1 unspecified atom stereocenters. The van der Waals surface area contributed by atoms with Crippen LogP contribution in [0, 0.1) is 0 Å². The Morgan fingerprint density at radius 3 is 2.09 bits per heavy atom. The zero-order chi connectivity index (χ0) is 17.5. The molecule has 0 bridgehead atoms. The van der Waals surface area contributed by atoms with Gasteiger partial charge in [-0.15, -0.1) is 0 Å². The number of amides is 1. The number of hydrogen-bond acceptors (Lipinski definition) is 6. The minimum absolute atomic E-state index is 0.0330. The van der Waals surface area contributed by atoms with E-state index in [0.717, 1.165) is 4.90 Å². The average Bonchev–Trinajstić information content (AvgIpc) is 2.35. The summed E-state index contributed by atoms with van der Waals surface area (Å²) in [6.45, 7) is 6.52. The van der Waals surface area contributed by atoms with Gasteiger partial charge < -0.3 is 14.4 Å². The minimum Gasteiger partial charge on any atom is -0.467 e. The standard InChI is InChI=1S/C15H25NO6/c1-10(17)9-12(18)16(5)11(14(20)21-6)7-8-13(19)22-15(2,3)4/h11H,7-9H2,1-6H3. The molecule has 0 saturated heterocycles. The van der Waals surface area contributed by atoms with Gasteiger partial charge in [-0.05, 0) is 34.1 Å². The Hall–Kier alpha value is -1.92. The average molecular weight is 315 g/mol. The zero-order valence-corrected chi connectivity index (χ0v) is 14.1. The van der Waals surface area contributed by atoms with E-state index in [-0.39, 0.29) is 25.0 Å². The predicted octanol–water partition coefficient (Wildman–Crippen LogP) is 1.09. The Bertz CT molecular complexity index is 438. The minimum atomic E-state index is -0.927. The summed E-state index contributed by atoms with van der Waals surface area (Å²) in [4.78, 5) is 47.5. The lowest BCUT2D eigenvalue weighted by molar-refractivity contribution is -0.157. The maximum Gasteiger partial charge on any atom is 0.328 e. The summed E-state index contributed by atoms with van der Waals surface area (Å²) in [5.74, 6) is -1.89. The third-order valence-electron chi connectivity index (χ3n) is 2.78. The number of Topliss-reactive ketones (excluding diaryl/α,β-unsaturated/α-hetero) is 1. The number of hydrogen-bond donors (Lipinski definition) is 0. The third kappa shape index (κ3) is 7.75. The maximum atomic E-state index is 11.9. The summed E-state index contributed by atoms with van der Waals surface area (Å²) >= 11 is 0. The van der Waals surface area contributed by atoms with Crippen molar-refractivity contribution >= 4 is 23.6 Å². The van der Waals surface area contributed by atoms with Crippen molar-refractivity contribution in [2.24, 2.45) is 0 Å². The largest absolute Gasteiger partial charge is 0.467 e. The Morgan fingerprint density at radius 2 is 1.68 bits per heavy atom. The molecule has 1 atom stereocenters. The Labute approximate surface area is 130 Å². The number of rotatable bonds is 7. The lowest BCUT2D eigenvalue weighted by atomic mass is 10.1. The zero-order valence-electron chi connectivity index (χ0n) is 14.1. The fraction of sp³-hybridized carbons (Fsp3) is 0.733. The molecule has 0 heterocycles. The van der Waals surface area contributed by atoms with Gasteiger partial charge in [0, 0.05) is 13.5 Å². The molecular weight excluding hydrogens is 290 g/mol. The van der Waals surface area contributed by atoms with Gasteiger partial charge in [-0.1, -0.05) is 0 Å². The summed E-state index contributed by atoms with van der Waals surface area (Å²) in [5.41, 5.74) is -0.617. The molecular formula is C15H25NO6. The molecule has 22 heavy (non-hydrogen) atoms. The number of ether oxygens (including phenoxy) is 2. The Kier molecular flexibility index (Phi) is 7.76. The highest BCUT2D eigenvalue weighted by Crippen LogP contribution is 2.13. The van der Waals surface area contributed by atoms with Crippen molar-refractivity contribution < 1.29 is 28.7 Å². The van der Waals surface area contributed by atoms with Gasteiger partial charge >= 0.3 is 11.9 Å². The van der Waals surface area contributed by atoms with Gasteiger partial charge in [-0.2, -0.15) is 0 Å². The quantitative estimate of drug-likeness (QED) is 0.516. The third-order valence-corrected chi connectivity index (χ3v) is 2.78. The van der Waals surface area contributed by atoms with Crippen LogP contribution in [0.5, 0.6) is 0 Å². The Morgan fingerprint density at radius 1 is 1.14 bits per heavy atom. The summed E-state index contributed by atoms with van der Waals surface area (Å²) in [6.07, 6.45) is -0.257. The van der Waals surface area contributed by atoms with Crippen LogP contribution in [0.15, 0.2) is 0 Å². The lowest BCUT2D eigenvalue weighted by Crippen LogP contribution is -2.44. The molecule has 0 spiro atoms. The molecule has 0 fully saturated rings. The van der Waals surface area contributed by atoms with E-state index < -0.39 is 29.5 Å². The first-order chi connectivity index (χ1) is 9.97. The van der Waals surface area contributed by atoms with Crippen LogP contribution < -0.4 is 0 Å². The van der Waals surface area contributed by atoms with Crippen molar-refractivity contribution in [2.75, 3.05) is 14.2 Å². The monoisotopic (exact) mass is 315 g/mol. The fourth-order valence-electron chi connectivity index (χ4n) is 1.76. The van der Waals surface area contributed by atoms with Crippen LogP contribution in [0.2, 0.25) is 0 Å². The molecule has 0 radical (unpaired) electrons. The normalized spacial score (nSPS) is 12.3. The number of carbonyl (C=O) groups excluding carboxylic acids is 4. The van der Waals surface area contributed by atoms with Gasteiger partial charge in [-0.25, -0.2) is 4.79 Å². The molecule has 126 valence electrons. The second kappa shape index (κ2) is 8.51. The highest BCUT2D eigenvalue weighted by molar-refractivity contribution is 5.98. The van der Waals surface area contributed by atoms with E-state index in [0.29, 0.717) is 0 Å². The first-order valence-electron chi connectivity index (χ1n) is 7.02. The SMILES string of the molecule is COC(=O)C(CCC(=O)OC(C)(C)C)N(C)C(=O)CC(C)=O. The molecule has 7 nitrogen and oxygen atoms in total. The van der Waals surface area contributed by atoms with E-state index in [1.165, 1.54) is 21.1 Å². The van der Waals surface area contributed by atoms with Crippen LogP contribution in [-0.4, -0.2) is 54.3 Å². The highest BCUT2D eigenvalue weighted by atomic mass is 16.6. The van der Waals surface area contributed by atoms with E-state index in [2.05, 4.69) is 4.74 Å². The van der Waals surface area contributed by atoms with Crippen LogP contribution in [-0.2, 0) is 28.7 Å². The molecule has 1 amide bonds. The van der Waals surface area contributed by atoms with Crippen LogP contribution >= 0.6 is 0 Å². The van der Waals surface area contributed by atoms with Crippen molar-refractivity contribution in [2.45, 2.75) is 58.6 Å². The molecule has 0 saturated carbocycles. The van der Waals surface area contributed by atoms with Gasteiger partial charge in [0.1, 0.15) is 17.4 Å². The molecule has 0 aliphatic carbocycles. The molecule has 0 aromatic carbocycles. The molecule has 0 N–H and O–H groups in total. The van der Waals surface area contributed by atoms with E-state index in [1.54, 1.807) is 20.8 Å². The van der Waals surface area contributed by atoms with Gasteiger partial charge in [0.2, 0.25) is 5.91 Å². The summed E-state index contributed by atoms with van der Waals surface area (Å²) in [7, 11) is 2.61. The van der Waals surface area contributed by atoms with Crippen LogP contribution in [0.1, 0.15) is 47.0 Å². The van der Waals surface area contributed by atoms with E-state index in [1.807, 2.05) is 0 Å². The lowest BCUT2D eigenvalue weighted by Gasteiger charge is -2.26. The summed E-state index contributed by atoms with van der Waals surface area (Å²) < 4.78 is 9.81. The number of carbonyl (C=O) groups is 4. The van der Waals surface area contributed by atoms with Gasteiger partial charge in [-0.3, -0.25) is 14.4 Å². The van der Waals surface area contributed by atoms with E-state index >= 15 is 0 Å². The molecule has 0 aromatic rings. The topological polar surface area (TPSA) is 90.0 Å². The van der Waals surface area contributed by atoms with Crippen LogP contribution in [0.4, 0.5) is 0 Å². The molecule has 0 aliphatic heterocycles. The summed E-state index contributed by atoms with van der Waals surface area (Å²) in [5, 5.41) is 0. The van der Waals surface area contributed by atoms with Crippen molar-refractivity contribution in [1.29, 1.82) is 0 Å². The molecule has 0 rings (SSSR count). The van der Waals surface area contributed by atoms with Gasteiger partial charge in [0.25, 0.3) is 0 Å². The van der Waals surface area contributed by atoms with Crippen molar-refractivity contribution in [1.82, 2.24) is 4.90 Å². The number of ketones is 1. The predicted molar refractivity (Wildman–Crippen MR) is 79.0 cm³/mol. The fourth-order valence-corrected chi connectivity index (χ4v) is 1.76. The molecule has 0 aromatic heterocycles. The highest BCUT2D eigenvalue weighted by Gasteiger charge is 2.29. The van der Waals surface area contributed by atoms with Crippen LogP contribution in [0.25, 0.3) is 0 Å². The number of esters is 2. The van der Waals surface area contributed by atoms with Crippen molar-refractivity contribution in [3.05, 3.63) is 0 Å². The van der Waals surface area contributed by atoms with E-state index in [4.69, 9.17) is 4.74 Å². The number of methoxy groups -OCH3 is 1. The first kappa shape index (κ1) is 20.1. The summed E-state index contributed by atoms with van der Waals surface area (Å²) in [6, 6.07) is -0.927. The number of likely N-dealkylation sites (N-methyl/N-ethyl adjacent to an activating group) is 1. The van der Waals surface area contributed by atoms with Crippen molar-refractivity contribution in [3.63, 3.8) is 0 Å². The van der Waals surface area contributed by atoms with Crippen LogP contribution in [0.3, 0.4) is 0 Å². The smallest absolute Gasteiger partial charge is 0.328 e. The van der Waals surface area contributed by atoms with Gasteiger partial charge in [0.05, 0.1) is 13.5 Å². The maximum absolute atomic E-state index is 11.9. The number of nitrogens with zero attached hydrogens (tertiary/aromatic N) is 1. The molecule has 7 heteroatoms. The van der Waals surface area contributed by atoms with E-state index in [9.17, 15) is 19.2 Å².